The van der Waals surface area contributed by atoms with E-state index >= 15 is 0 Å². The fourth-order valence-electron chi connectivity index (χ4n) is 2.85. The lowest BCUT2D eigenvalue weighted by Crippen LogP contribution is -2.40. The Balaban J connectivity index is 2.83. The number of hydrogen-bond acceptors (Lipinski definition) is 4. The second kappa shape index (κ2) is 9.00. The van der Waals surface area contributed by atoms with Gasteiger partial charge in [-0.05, 0) is 53.0 Å². The molecule has 0 aliphatic rings. The molecule has 0 fully saturated rings. The van der Waals surface area contributed by atoms with Gasteiger partial charge in [-0.2, -0.15) is 0 Å². The van der Waals surface area contributed by atoms with Crippen LogP contribution in [0.15, 0.2) is 18.3 Å². The van der Waals surface area contributed by atoms with Gasteiger partial charge in [0, 0.05) is 25.2 Å². The first-order valence-corrected chi connectivity index (χ1v) is 8.14. The predicted octanol–water partition coefficient (Wildman–Crippen LogP) is 2.92. The van der Waals surface area contributed by atoms with E-state index in [-0.39, 0.29) is 0 Å². The summed E-state index contributed by atoms with van der Waals surface area (Å²) in [6, 6.07) is 5.21. The van der Waals surface area contributed by atoms with Crippen LogP contribution in [0, 0.1) is 0 Å². The fourth-order valence-corrected chi connectivity index (χ4v) is 2.85. The van der Waals surface area contributed by atoms with Crippen molar-refractivity contribution in [2.45, 2.75) is 46.2 Å². The van der Waals surface area contributed by atoms with E-state index < -0.39 is 0 Å². The SMILES string of the molecule is CCNC(CC)c1ccc(N(CC)C(C)CN(C)C)cn1. The van der Waals surface area contributed by atoms with Crippen molar-refractivity contribution < 1.29 is 0 Å². The van der Waals surface area contributed by atoms with E-state index in [0.29, 0.717) is 12.1 Å². The maximum absolute atomic E-state index is 4.68. The Labute approximate surface area is 130 Å². The zero-order chi connectivity index (χ0) is 15.8. The van der Waals surface area contributed by atoms with Crippen molar-refractivity contribution in [2.24, 2.45) is 0 Å². The molecule has 0 saturated carbocycles. The smallest absolute Gasteiger partial charge is 0.0574 e. The number of nitrogens with zero attached hydrogens (tertiary/aromatic N) is 3. The maximum atomic E-state index is 4.68. The molecular formula is C17H32N4. The van der Waals surface area contributed by atoms with Crippen molar-refractivity contribution in [1.82, 2.24) is 15.2 Å². The minimum Gasteiger partial charge on any atom is -0.367 e. The lowest BCUT2D eigenvalue weighted by Gasteiger charge is -2.32. The Hall–Kier alpha value is -1.13. The highest BCUT2D eigenvalue weighted by Gasteiger charge is 2.15. The van der Waals surface area contributed by atoms with Crippen molar-refractivity contribution in [2.75, 3.05) is 38.6 Å². The van der Waals surface area contributed by atoms with E-state index in [4.69, 9.17) is 0 Å². The summed E-state index contributed by atoms with van der Waals surface area (Å²) in [7, 11) is 4.24. The number of nitrogens with one attached hydrogen (secondary N) is 1. The Morgan fingerprint density at radius 3 is 2.33 bits per heavy atom. The summed E-state index contributed by atoms with van der Waals surface area (Å²) in [5, 5.41) is 3.48. The summed E-state index contributed by atoms with van der Waals surface area (Å²) in [6.07, 6.45) is 3.08. The summed E-state index contributed by atoms with van der Waals surface area (Å²) in [5.41, 5.74) is 2.35. The molecule has 21 heavy (non-hydrogen) atoms. The Morgan fingerprint density at radius 1 is 1.19 bits per heavy atom. The van der Waals surface area contributed by atoms with Crippen molar-refractivity contribution in [3.8, 4) is 0 Å². The van der Waals surface area contributed by atoms with E-state index in [1.54, 1.807) is 0 Å². The monoisotopic (exact) mass is 292 g/mol. The van der Waals surface area contributed by atoms with Gasteiger partial charge in [-0.3, -0.25) is 4.98 Å². The summed E-state index contributed by atoms with van der Waals surface area (Å²) >= 11 is 0. The zero-order valence-corrected chi connectivity index (χ0v) is 14.6. The molecule has 1 rings (SSSR count). The normalized spacial score (nSPS) is 14.2. The van der Waals surface area contributed by atoms with Crippen LogP contribution < -0.4 is 10.2 Å². The quantitative estimate of drug-likeness (QED) is 0.758. The van der Waals surface area contributed by atoms with Gasteiger partial charge in [0.1, 0.15) is 0 Å². The molecule has 0 aromatic carbocycles. The van der Waals surface area contributed by atoms with Gasteiger partial charge in [-0.25, -0.2) is 0 Å². The molecule has 0 saturated heterocycles. The molecule has 120 valence electrons. The van der Waals surface area contributed by atoms with Gasteiger partial charge in [0.05, 0.1) is 17.6 Å². The van der Waals surface area contributed by atoms with Crippen molar-refractivity contribution in [3.05, 3.63) is 24.0 Å². The molecule has 0 aliphatic heterocycles. The van der Waals surface area contributed by atoms with E-state index in [2.05, 4.69) is 74.0 Å². The van der Waals surface area contributed by atoms with Crippen LogP contribution in [0.5, 0.6) is 0 Å². The zero-order valence-electron chi connectivity index (χ0n) is 14.6. The Kier molecular flexibility index (Phi) is 7.68. The first-order chi connectivity index (χ1) is 10.0. The van der Waals surface area contributed by atoms with Crippen molar-refractivity contribution in [1.29, 1.82) is 0 Å². The van der Waals surface area contributed by atoms with Gasteiger partial charge < -0.3 is 15.1 Å². The summed E-state index contributed by atoms with van der Waals surface area (Å²) in [5.74, 6) is 0. The number of likely N-dealkylation sites (N-methyl/N-ethyl adjacent to an activating group) is 2. The first-order valence-electron chi connectivity index (χ1n) is 8.14. The number of hydrogen-bond donors (Lipinski definition) is 1. The van der Waals surface area contributed by atoms with Crippen molar-refractivity contribution in [3.63, 3.8) is 0 Å². The van der Waals surface area contributed by atoms with Crippen LogP contribution in [0.4, 0.5) is 5.69 Å². The van der Waals surface area contributed by atoms with Crippen LogP contribution in [0.3, 0.4) is 0 Å². The fraction of sp³-hybridized carbons (Fsp3) is 0.706. The average Bonchev–Trinajstić information content (AvgIpc) is 2.45. The minimum absolute atomic E-state index is 0.360. The van der Waals surface area contributed by atoms with Gasteiger partial charge in [-0.1, -0.05) is 13.8 Å². The molecule has 0 spiro atoms. The Bertz CT molecular complexity index is 388. The molecule has 2 unspecified atom stereocenters. The third kappa shape index (κ3) is 5.29. The van der Waals surface area contributed by atoms with Gasteiger partial charge in [0.25, 0.3) is 0 Å². The third-order valence-corrected chi connectivity index (χ3v) is 3.82. The summed E-state index contributed by atoms with van der Waals surface area (Å²) in [6.45, 7) is 11.8. The molecule has 1 N–H and O–H groups in total. The summed E-state index contributed by atoms with van der Waals surface area (Å²) < 4.78 is 0. The van der Waals surface area contributed by atoms with E-state index in [9.17, 15) is 0 Å². The summed E-state index contributed by atoms with van der Waals surface area (Å²) in [4.78, 5) is 9.32. The molecule has 0 radical (unpaired) electrons. The molecule has 0 aliphatic carbocycles. The highest BCUT2D eigenvalue weighted by Crippen LogP contribution is 2.20. The highest BCUT2D eigenvalue weighted by atomic mass is 15.2. The molecule has 4 heteroatoms. The molecule has 4 nitrogen and oxygen atoms in total. The standard InChI is InChI=1S/C17H32N4/c1-7-16(18-8-2)17-11-10-15(12-19-17)21(9-3)14(4)13-20(5)6/h10-12,14,16,18H,7-9,13H2,1-6H3. The molecular weight excluding hydrogens is 260 g/mol. The van der Waals surface area contributed by atoms with E-state index in [1.807, 2.05) is 6.20 Å². The van der Waals surface area contributed by atoms with Gasteiger partial charge >= 0.3 is 0 Å². The van der Waals surface area contributed by atoms with Crippen LogP contribution in [-0.4, -0.2) is 49.7 Å². The first kappa shape index (κ1) is 17.9. The topological polar surface area (TPSA) is 31.4 Å². The molecule has 0 amide bonds. The van der Waals surface area contributed by atoms with Gasteiger partial charge in [0.2, 0.25) is 0 Å². The third-order valence-electron chi connectivity index (χ3n) is 3.82. The van der Waals surface area contributed by atoms with E-state index in [0.717, 1.165) is 31.7 Å². The van der Waals surface area contributed by atoms with E-state index in [1.165, 1.54) is 5.69 Å². The molecule has 1 aromatic heterocycles. The lowest BCUT2D eigenvalue weighted by molar-refractivity contribution is 0.373. The van der Waals surface area contributed by atoms with Crippen LogP contribution in [0.1, 0.15) is 45.9 Å². The number of aromatic nitrogens is 1. The largest absolute Gasteiger partial charge is 0.367 e. The molecule has 1 heterocycles. The van der Waals surface area contributed by atoms with Gasteiger partial charge in [0.15, 0.2) is 0 Å². The number of anilines is 1. The number of rotatable bonds is 9. The average molecular weight is 292 g/mol. The second-order valence-corrected chi connectivity index (χ2v) is 5.86. The van der Waals surface area contributed by atoms with Crippen LogP contribution in [-0.2, 0) is 0 Å². The maximum Gasteiger partial charge on any atom is 0.0574 e. The van der Waals surface area contributed by atoms with Crippen LogP contribution >= 0.6 is 0 Å². The Morgan fingerprint density at radius 2 is 1.90 bits per heavy atom. The highest BCUT2D eigenvalue weighted by molar-refractivity contribution is 5.45. The number of pyridine rings is 1. The minimum atomic E-state index is 0.360. The molecule has 1 aromatic rings. The molecule has 0 bridgehead atoms. The van der Waals surface area contributed by atoms with Gasteiger partial charge in [-0.15, -0.1) is 0 Å². The lowest BCUT2D eigenvalue weighted by atomic mass is 10.1. The second-order valence-electron chi connectivity index (χ2n) is 5.86. The predicted molar refractivity (Wildman–Crippen MR) is 92.0 cm³/mol. The van der Waals surface area contributed by atoms with Crippen molar-refractivity contribution >= 4 is 5.69 Å². The van der Waals surface area contributed by atoms with Crippen LogP contribution in [0.2, 0.25) is 0 Å². The van der Waals surface area contributed by atoms with Crippen LogP contribution in [0.25, 0.3) is 0 Å². The molecule has 2 atom stereocenters.